The molecular weight excluding hydrogens is 402 g/mol. The minimum absolute atomic E-state index is 0.218. The third kappa shape index (κ3) is 7.53. The molecule has 2 fully saturated rings. The van der Waals surface area contributed by atoms with E-state index in [1.54, 1.807) is 0 Å². The van der Waals surface area contributed by atoms with Gasteiger partial charge < -0.3 is 20.4 Å². The van der Waals surface area contributed by atoms with Crippen LogP contribution >= 0.6 is 0 Å². The summed E-state index contributed by atoms with van der Waals surface area (Å²) >= 11 is 0. The van der Waals surface area contributed by atoms with Crippen molar-refractivity contribution in [2.45, 2.75) is 46.0 Å². The van der Waals surface area contributed by atoms with Crippen LogP contribution in [0.3, 0.4) is 0 Å². The molecule has 2 N–H and O–H groups in total. The highest BCUT2D eigenvalue weighted by Crippen LogP contribution is 2.19. The number of carbonyl (C=O) groups excluding carboxylic acids is 2. The summed E-state index contributed by atoms with van der Waals surface area (Å²) < 4.78 is 0. The standard InChI is InChI=1S/C25H39N5O2/c1-3-26-25(27-13-11-23(31)29-14-7-8-20(2)18-29)28-17-22-16-24(32)30(19-22)15-12-21-9-5-4-6-10-21/h4-6,9-10,20,22H,3,7-8,11-19H2,1-2H3,(H2,26,27,28). The Labute approximate surface area is 192 Å². The maximum Gasteiger partial charge on any atom is 0.224 e. The van der Waals surface area contributed by atoms with E-state index in [2.05, 4.69) is 29.7 Å². The van der Waals surface area contributed by atoms with Gasteiger partial charge in [0.2, 0.25) is 11.8 Å². The normalized spacial score (nSPS) is 21.7. The number of hydrogen-bond acceptors (Lipinski definition) is 3. The summed E-state index contributed by atoms with van der Waals surface area (Å²) in [7, 11) is 0. The van der Waals surface area contributed by atoms with Crippen molar-refractivity contribution in [3.8, 4) is 0 Å². The summed E-state index contributed by atoms with van der Waals surface area (Å²) in [5.41, 5.74) is 1.26. The van der Waals surface area contributed by atoms with Crippen LogP contribution in [0.15, 0.2) is 35.3 Å². The Morgan fingerprint density at radius 2 is 2.00 bits per heavy atom. The lowest BCUT2D eigenvalue weighted by molar-refractivity contribution is -0.132. The highest BCUT2D eigenvalue weighted by Gasteiger charge is 2.29. The fourth-order valence-electron chi connectivity index (χ4n) is 4.53. The van der Waals surface area contributed by atoms with Gasteiger partial charge in [-0.2, -0.15) is 0 Å². The molecule has 2 aliphatic rings. The Morgan fingerprint density at radius 3 is 2.75 bits per heavy atom. The lowest BCUT2D eigenvalue weighted by Crippen LogP contribution is -2.42. The number of nitrogens with zero attached hydrogens (tertiary/aromatic N) is 3. The Balaban J connectivity index is 1.41. The number of hydrogen-bond donors (Lipinski definition) is 2. The number of nitrogens with one attached hydrogen (secondary N) is 2. The Bertz CT molecular complexity index is 767. The Morgan fingerprint density at radius 1 is 1.19 bits per heavy atom. The van der Waals surface area contributed by atoms with Crippen molar-refractivity contribution in [3.63, 3.8) is 0 Å². The van der Waals surface area contributed by atoms with Crippen LogP contribution in [0.1, 0.15) is 45.1 Å². The molecule has 2 amide bonds. The van der Waals surface area contributed by atoms with Crippen LogP contribution in [-0.4, -0.2) is 73.4 Å². The van der Waals surface area contributed by atoms with E-state index in [1.165, 1.54) is 12.0 Å². The molecule has 176 valence electrons. The number of amides is 2. The van der Waals surface area contributed by atoms with E-state index in [4.69, 9.17) is 4.99 Å². The highest BCUT2D eigenvalue weighted by molar-refractivity contribution is 5.82. The van der Waals surface area contributed by atoms with Gasteiger partial charge in [0, 0.05) is 64.6 Å². The topological polar surface area (TPSA) is 77.0 Å². The van der Waals surface area contributed by atoms with Crippen LogP contribution in [0.4, 0.5) is 0 Å². The molecule has 2 atom stereocenters. The van der Waals surface area contributed by atoms with Crippen molar-refractivity contribution in [2.24, 2.45) is 16.8 Å². The van der Waals surface area contributed by atoms with Gasteiger partial charge in [0.15, 0.2) is 5.96 Å². The first-order chi connectivity index (χ1) is 15.5. The fraction of sp³-hybridized carbons (Fsp3) is 0.640. The molecule has 2 aliphatic heterocycles. The number of benzene rings is 1. The number of guanidine groups is 1. The van der Waals surface area contributed by atoms with Crippen molar-refractivity contribution >= 4 is 17.8 Å². The predicted octanol–water partition coefficient (Wildman–Crippen LogP) is 2.28. The quantitative estimate of drug-likeness (QED) is 0.455. The number of aliphatic imine (C=N–C) groups is 1. The van der Waals surface area contributed by atoms with Crippen molar-refractivity contribution in [1.29, 1.82) is 0 Å². The molecule has 1 aromatic rings. The van der Waals surface area contributed by atoms with Gasteiger partial charge in [0.05, 0.1) is 0 Å². The third-order valence-corrected chi connectivity index (χ3v) is 6.30. The molecule has 2 saturated heterocycles. The Hall–Kier alpha value is -2.57. The van der Waals surface area contributed by atoms with Crippen LogP contribution in [0.2, 0.25) is 0 Å². The van der Waals surface area contributed by atoms with Gasteiger partial charge in [-0.15, -0.1) is 0 Å². The van der Waals surface area contributed by atoms with Gasteiger partial charge in [-0.3, -0.25) is 14.6 Å². The fourth-order valence-corrected chi connectivity index (χ4v) is 4.53. The summed E-state index contributed by atoms with van der Waals surface area (Å²) in [4.78, 5) is 33.5. The van der Waals surface area contributed by atoms with E-state index in [1.807, 2.05) is 34.9 Å². The molecule has 7 nitrogen and oxygen atoms in total. The molecule has 32 heavy (non-hydrogen) atoms. The molecule has 1 aromatic carbocycles. The number of likely N-dealkylation sites (tertiary alicyclic amines) is 2. The van der Waals surface area contributed by atoms with Crippen molar-refractivity contribution in [2.75, 3.05) is 45.8 Å². The highest BCUT2D eigenvalue weighted by atomic mass is 16.2. The van der Waals surface area contributed by atoms with E-state index >= 15 is 0 Å². The van der Waals surface area contributed by atoms with Gasteiger partial charge in [0.1, 0.15) is 0 Å². The van der Waals surface area contributed by atoms with Gasteiger partial charge in [-0.1, -0.05) is 37.3 Å². The maximum absolute atomic E-state index is 12.5. The average molecular weight is 442 g/mol. The van der Waals surface area contributed by atoms with Crippen molar-refractivity contribution < 1.29 is 9.59 Å². The molecule has 0 aliphatic carbocycles. The summed E-state index contributed by atoms with van der Waals surface area (Å²) in [5, 5.41) is 6.54. The molecule has 0 aromatic heterocycles. The van der Waals surface area contributed by atoms with Gasteiger partial charge in [-0.25, -0.2) is 0 Å². The van der Waals surface area contributed by atoms with Gasteiger partial charge in [-0.05, 0) is 37.7 Å². The zero-order chi connectivity index (χ0) is 22.8. The molecule has 3 rings (SSSR count). The number of rotatable bonds is 9. The van der Waals surface area contributed by atoms with E-state index in [-0.39, 0.29) is 17.7 Å². The summed E-state index contributed by atoms with van der Waals surface area (Å²) in [6.45, 7) is 9.47. The smallest absolute Gasteiger partial charge is 0.224 e. The first kappa shape index (κ1) is 24.1. The first-order valence-corrected chi connectivity index (χ1v) is 12.2. The monoisotopic (exact) mass is 441 g/mol. The Kier molecular flexibility index (Phi) is 9.38. The largest absolute Gasteiger partial charge is 0.357 e. The molecule has 2 heterocycles. The summed E-state index contributed by atoms with van der Waals surface area (Å²) in [6, 6.07) is 10.3. The maximum atomic E-state index is 12.5. The molecule has 0 bridgehead atoms. The summed E-state index contributed by atoms with van der Waals surface area (Å²) in [6.07, 6.45) is 4.24. The molecule has 0 saturated carbocycles. The van der Waals surface area contributed by atoms with E-state index < -0.39 is 0 Å². The lowest BCUT2D eigenvalue weighted by Gasteiger charge is -2.31. The van der Waals surface area contributed by atoms with Crippen LogP contribution in [0, 0.1) is 11.8 Å². The third-order valence-electron chi connectivity index (χ3n) is 6.30. The molecular formula is C25H39N5O2. The number of piperidine rings is 1. The summed E-state index contributed by atoms with van der Waals surface area (Å²) in [5.74, 6) is 2.00. The van der Waals surface area contributed by atoms with Crippen LogP contribution < -0.4 is 10.6 Å². The molecule has 2 unspecified atom stereocenters. The van der Waals surface area contributed by atoms with Crippen LogP contribution in [0.5, 0.6) is 0 Å². The minimum atomic E-state index is 0.218. The second-order valence-electron chi connectivity index (χ2n) is 9.13. The van der Waals surface area contributed by atoms with E-state index in [0.717, 1.165) is 51.5 Å². The average Bonchev–Trinajstić information content (AvgIpc) is 3.16. The zero-order valence-corrected chi connectivity index (χ0v) is 19.7. The molecule has 7 heteroatoms. The van der Waals surface area contributed by atoms with E-state index in [0.29, 0.717) is 31.8 Å². The molecule has 0 spiro atoms. The van der Waals surface area contributed by atoms with E-state index in [9.17, 15) is 9.59 Å². The zero-order valence-electron chi connectivity index (χ0n) is 19.7. The second kappa shape index (κ2) is 12.5. The molecule has 0 radical (unpaired) electrons. The SMILES string of the molecule is CCNC(=NCC1CC(=O)N(CCc2ccccc2)C1)NCCC(=O)N1CCCC(C)C1. The number of carbonyl (C=O) groups is 2. The van der Waals surface area contributed by atoms with Crippen LogP contribution in [-0.2, 0) is 16.0 Å². The first-order valence-electron chi connectivity index (χ1n) is 12.2. The van der Waals surface area contributed by atoms with Crippen molar-refractivity contribution in [3.05, 3.63) is 35.9 Å². The minimum Gasteiger partial charge on any atom is -0.357 e. The van der Waals surface area contributed by atoms with Gasteiger partial charge >= 0.3 is 0 Å². The van der Waals surface area contributed by atoms with Crippen molar-refractivity contribution in [1.82, 2.24) is 20.4 Å². The lowest BCUT2D eigenvalue weighted by atomic mass is 10.00. The van der Waals surface area contributed by atoms with Gasteiger partial charge in [0.25, 0.3) is 0 Å². The van der Waals surface area contributed by atoms with Crippen LogP contribution in [0.25, 0.3) is 0 Å². The second-order valence-corrected chi connectivity index (χ2v) is 9.13. The predicted molar refractivity (Wildman–Crippen MR) is 128 cm³/mol.